The van der Waals surface area contributed by atoms with E-state index in [1.807, 2.05) is 78.9 Å². The zero-order valence-electron chi connectivity index (χ0n) is 20.3. The zero-order valence-corrected chi connectivity index (χ0v) is 20.3. The molecule has 0 aromatic heterocycles. The SMILES string of the molecule is O=C(O)C(CCc1ccccc1)c1ccc(CCc2ccccc2)c(OCCc2ccc(O)cc2)c1. The minimum absolute atomic E-state index is 0.241. The maximum atomic E-state index is 12.2. The maximum Gasteiger partial charge on any atom is 0.310 e. The molecule has 0 bridgehead atoms. The minimum Gasteiger partial charge on any atom is -0.508 e. The average Bonchev–Trinajstić information content (AvgIpc) is 2.90. The topological polar surface area (TPSA) is 66.8 Å². The third-order valence-electron chi connectivity index (χ3n) is 6.47. The molecule has 4 heteroatoms. The minimum atomic E-state index is -0.821. The summed E-state index contributed by atoms with van der Waals surface area (Å²) in [4.78, 5) is 12.2. The Morgan fingerprint density at radius 2 is 1.31 bits per heavy atom. The molecule has 0 spiro atoms. The van der Waals surface area contributed by atoms with Gasteiger partial charge in [-0.1, -0.05) is 84.9 Å². The van der Waals surface area contributed by atoms with Gasteiger partial charge < -0.3 is 14.9 Å². The highest BCUT2D eigenvalue weighted by Crippen LogP contribution is 2.30. The molecule has 0 amide bonds. The lowest BCUT2D eigenvalue weighted by Crippen LogP contribution is -2.14. The van der Waals surface area contributed by atoms with Crippen LogP contribution >= 0.6 is 0 Å². The van der Waals surface area contributed by atoms with E-state index in [1.54, 1.807) is 12.1 Å². The van der Waals surface area contributed by atoms with Crippen LogP contribution in [-0.2, 0) is 30.5 Å². The Labute approximate surface area is 212 Å². The first-order valence-corrected chi connectivity index (χ1v) is 12.4. The largest absolute Gasteiger partial charge is 0.508 e. The van der Waals surface area contributed by atoms with E-state index >= 15 is 0 Å². The first kappa shape index (κ1) is 25.1. The Morgan fingerprint density at radius 3 is 1.94 bits per heavy atom. The van der Waals surface area contributed by atoms with Crippen LogP contribution in [0.25, 0.3) is 0 Å². The number of phenols is 1. The van der Waals surface area contributed by atoms with Crippen molar-refractivity contribution >= 4 is 5.97 Å². The molecule has 0 radical (unpaired) electrons. The standard InChI is InChI=1S/C32H32O4/c33-29-18-12-26(13-19-29)21-22-36-31-23-28(17-16-27(31)15-11-24-7-3-1-4-8-24)30(32(34)35)20-14-25-9-5-2-6-10-25/h1-10,12-13,16-19,23,30,33H,11,14-15,20-22H2,(H,34,35). The van der Waals surface area contributed by atoms with Crippen LogP contribution in [0.3, 0.4) is 0 Å². The number of hydrogen-bond donors (Lipinski definition) is 2. The fourth-order valence-electron chi connectivity index (χ4n) is 4.38. The molecule has 2 N–H and O–H groups in total. The van der Waals surface area contributed by atoms with Gasteiger partial charge in [0.15, 0.2) is 0 Å². The van der Waals surface area contributed by atoms with E-state index in [0.717, 1.165) is 40.8 Å². The summed E-state index contributed by atoms with van der Waals surface area (Å²) < 4.78 is 6.24. The molecule has 4 rings (SSSR count). The fraction of sp³-hybridized carbons (Fsp3) is 0.219. The highest BCUT2D eigenvalue weighted by atomic mass is 16.5. The van der Waals surface area contributed by atoms with Crippen LogP contribution in [0, 0.1) is 0 Å². The molecule has 184 valence electrons. The summed E-state index contributed by atoms with van der Waals surface area (Å²) in [5.41, 5.74) is 5.29. The molecule has 0 fully saturated rings. The van der Waals surface area contributed by atoms with Crippen LogP contribution in [0.5, 0.6) is 11.5 Å². The third-order valence-corrected chi connectivity index (χ3v) is 6.47. The second-order valence-corrected chi connectivity index (χ2v) is 9.03. The quantitative estimate of drug-likeness (QED) is 0.240. The molecule has 36 heavy (non-hydrogen) atoms. The summed E-state index contributed by atoms with van der Waals surface area (Å²) in [6.07, 6.45) is 3.60. The van der Waals surface area contributed by atoms with Gasteiger partial charge >= 0.3 is 5.97 Å². The number of carbonyl (C=O) groups is 1. The summed E-state index contributed by atoms with van der Waals surface area (Å²) in [7, 11) is 0. The van der Waals surface area contributed by atoms with Gasteiger partial charge in [-0.05, 0) is 71.7 Å². The Bertz CT molecular complexity index is 1230. The number of phenolic OH excluding ortho intramolecular Hbond substituents is 1. The summed E-state index contributed by atoms with van der Waals surface area (Å²) in [5.74, 6) is -0.440. The Balaban J connectivity index is 1.51. The number of aromatic hydroxyl groups is 1. The lowest BCUT2D eigenvalue weighted by molar-refractivity contribution is -0.138. The van der Waals surface area contributed by atoms with Crippen molar-refractivity contribution in [2.24, 2.45) is 0 Å². The first-order valence-electron chi connectivity index (χ1n) is 12.4. The van der Waals surface area contributed by atoms with Crippen molar-refractivity contribution in [1.82, 2.24) is 0 Å². The molecule has 0 saturated carbocycles. The van der Waals surface area contributed by atoms with Crippen molar-refractivity contribution in [2.75, 3.05) is 6.61 Å². The van der Waals surface area contributed by atoms with Crippen molar-refractivity contribution in [2.45, 2.75) is 38.0 Å². The molecular formula is C32H32O4. The Morgan fingerprint density at radius 1 is 0.694 bits per heavy atom. The van der Waals surface area contributed by atoms with Gasteiger partial charge in [0.25, 0.3) is 0 Å². The van der Waals surface area contributed by atoms with Crippen LogP contribution in [0.15, 0.2) is 103 Å². The van der Waals surface area contributed by atoms with Gasteiger partial charge in [-0.3, -0.25) is 4.79 Å². The van der Waals surface area contributed by atoms with Crippen molar-refractivity contribution in [3.05, 3.63) is 131 Å². The smallest absolute Gasteiger partial charge is 0.310 e. The van der Waals surface area contributed by atoms with Crippen LogP contribution in [0.4, 0.5) is 0 Å². The molecular weight excluding hydrogens is 448 g/mol. The van der Waals surface area contributed by atoms with Gasteiger partial charge in [-0.25, -0.2) is 0 Å². The van der Waals surface area contributed by atoms with E-state index in [2.05, 4.69) is 12.1 Å². The van der Waals surface area contributed by atoms with Crippen LogP contribution < -0.4 is 4.74 Å². The van der Waals surface area contributed by atoms with E-state index in [1.165, 1.54) is 5.56 Å². The van der Waals surface area contributed by atoms with Crippen LogP contribution in [-0.4, -0.2) is 22.8 Å². The molecule has 1 atom stereocenters. The number of carboxylic acids is 1. The number of benzene rings is 4. The van der Waals surface area contributed by atoms with Crippen LogP contribution in [0.1, 0.15) is 40.2 Å². The highest BCUT2D eigenvalue weighted by molar-refractivity contribution is 5.76. The average molecular weight is 481 g/mol. The van der Waals surface area contributed by atoms with Crippen molar-refractivity contribution < 1.29 is 19.7 Å². The molecule has 0 aliphatic heterocycles. The van der Waals surface area contributed by atoms with Crippen molar-refractivity contribution in [3.63, 3.8) is 0 Å². The normalized spacial score (nSPS) is 11.7. The van der Waals surface area contributed by atoms with E-state index in [-0.39, 0.29) is 5.75 Å². The van der Waals surface area contributed by atoms with E-state index in [4.69, 9.17) is 4.74 Å². The Kier molecular flexibility index (Phi) is 8.77. The van der Waals surface area contributed by atoms with E-state index in [9.17, 15) is 15.0 Å². The molecule has 0 aliphatic rings. The van der Waals surface area contributed by atoms with Crippen molar-refractivity contribution in [1.29, 1.82) is 0 Å². The first-order chi connectivity index (χ1) is 17.6. The van der Waals surface area contributed by atoms with Gasteiger partial charge in [0.2, 0.25) is 0 Å². The van der Waals surface area contributed by atoms with Gasteiger partial charge in [-0.2, -0.15) is 0 Å². The second kappa shape index (κ2) is 12.6. The summed E-state index contributed by atoms with van der Waals surface area (Å²) in [6, 6.07) is 33.3. The molecule has 4 nitrogen and oxygen atoms in total. The Hall–Kier alpha value is -4.05. The lowest BCUT2D eigenvalue weighted by Gasteiger charge is -2.18. The number of hydrogen-bond acceptors (Lipinski definition) is 3. The fourth-order valence-corrected chi connectivity index (χ4v) is 4.38. The zero-order chi connectivity index (χ0) is 25.2. The maximum absolute atomic E-state index is 12.2. The number of rotatable bonds is 12. The van der Waals surface area contributed by atoms with Gasteiger partial charge in [-0.15, -0.1) is 0 Å². The summed E-state index contributed by atoms with van der Waals surface area (Å²) in [6.45, 7) is 0.467. The third kappa shape index (κ3) is 7.22. The molecule has 4 aromatic carbocycles. The summed E-state index contributed by atoms with van der Waals surface area (Å²) >= 11 is 0. The summed E-state index contributed by atoms with van der Waals surface area (Å²) in [5, 5.41) is 19.5. The van der Waals surface area contributed by atoms with Crippen molar-refractivity contribution in [3.8, 4) is 11.5 Å². The molecule has 0 aliphatic carbocycles. The van der Waals surface area contributed by atoms with Gasteiger partial charge in [0.1, 0.15) is 11.5 Å². The van der Waals surface area contributed by atoms with Crippen LogP contribution in [0.2, 0.25) is 0 Å². The highest BCUT2D eigenvalue weighted by Gasteiger charge is 2.21. The number of carboxylic acid groups (broad SMARTS) is 1. The van der Waals surface area contributed by atoms with E-state index in [0.29, 0.717) is 25.9 Å². The predicted octanol–water partition coefficient (Wildman–Crippen LogP) is 6.60. The predicted molar refractivity (Wildman–Crippen MR) is 143 cm³/mol. The number of aliphatic carboxylic acids is 1. The molecule has 1 unspecified atom stereocenters. The monoisotopic (exact) mass is 480 g/mol. The lowest BCUT2D eigenvalue weighted by atomic mass is 9.90. The molecule has 0 saturated heterocycles. The molecule has 0 heterocycles. The number of aryl methyl sites for hydroxylation is 3. The molecule has 4 aromatic rings. The van der Waals surface area contributed by atoms with Gasteiger partial charge in [0, 0.05) is 6.42 Å². The van der Waals surface area contributed by atoms with Gasteiger partial charge in [0.05, 0.1) is 12.5 Å². The second-order valence-electron chi connectivity index (χ2n) is 9.03. The van der Waals surface area contributed by atoms with E-state index < -0.39 is 11.9 Å². The number of ether oxygens (including phenoxy) is 1.